The molecule has 1 unspecified atom stereocenters. The maximum atomic E-state index is 13.3. The number of aliphatic hydroxyl groups excluding tert-OH is 1. The zero-order valence-electron chi connectivity index (χ0n) is 11.7. The van der Waals surface area contributed by atoms with E-state index in [-0.39, 0.29) is 24.5 Å². The largest absolute Gasteiger partial charge is 0.488 e. The molecule has 0 heterocycles. The van der Waals surface area contributed by atoms with Crippen molar-refractivity contribution >= 4 is 0 Å². The van der Waals surface area contributed by atoms with Crippen molar-refractivity contribution in [2.75, 3.05) is 13.2 Å². The second-order valence-electron chi connectivity index (χ2n) is 5.64. The number of halogens is 2. The van der Waals surface area contributed by atoms with Crippen LogP contribution in [0.2, 0.25) is 0 Å². The van der Waals surface area contributed by atoms with E-state index in [0.717, 1.165) is 12.8 Å². The van der Waals surface area contributed by atoms with E-state index in [1.807, 2.05) is 6.92 Å². The van der Waals surface area contributed by atoms with Gasteiger partial charge in [-0.3, -0.25) is 0 Å². The Morgan fingerprint density at radius 3 is 2.55 bits per heavy atom. The zero-order valence-corrected chi connectivity index (χ0v) is 11.7. The van der Waals surface area contributed by atoms with Gasteiger partial charge in [0.15, 0.2) is 17.4 Å². The maximum absolute atomic E-state index is 13.3. The van der Waals surface area contributed by atoms with Crippen LogP contribution in [0.5, 0.6) is 5.75 Å². The summed E-state index contributed by atoms with van der Waals surface area (Å²) in [4.78, 5) is 0. The van der Waals surface area contributed by atoms with Gasteiger partial charge in [-0.1, -0.05) is 6.07 Å². The van der Waals surface area contributed by atoms with Crippen LogP contribution in [0.15, 0.2) is 18.2 Å². The number of hydrogen-bond donors (Lipinski definition) is 2. The molecule has 0 spiro atoms. The molecule has 1 saturated carbocycles. The molecule has 2 N–H and O–H groups in total. The highest BCUT2D eigenvalue weighted by Gasteiger charge is 2.31. The highest BCUT2D eigenvalue weighted by molar-refractivity contribution is 5.25. The van der Waals surface area contributed by atoms with Crippen LogP contribution in [0, 0.1) is 11.6 Å². The summed E-state index contributed by atoms with van der Waals surface area (Å²) in [6.07, 6.45) is 3.60. The molecule has 1 aliphatic rings. The number of ether oxygens (including phenoxy) is 1. The van der Waals surface area contributed by atoms with Crippen LogP contribution < -0.4 is 10.1 Å². The van der Waals surface area contributed by atoms with Crippen LogP contribution in [0.3, 0.4) is 0 Å². The van der Waals surface area contributed by atoms with Gasteiger partial charge in [-0.05, 0) is 44.7 Å². The van der Waals surface area contributed by atoms with Gasteiger partial charge in [-0.2, -0.15) is 0 Å². The number of rotatable bonds is 8. The maximum Gasteiger partial charge on any atom is 0.190 e. The molecule has 5 heteroatoms. The van der Waals surface area contributed by atoms with Crippen LogP contribution in [-0.4, -0.2) is 29.9 Å². The van der Waals surface area contributed by atoms with E-state index >= 15 is 0 Å². The Balaban J connectivity index is 1.77. The quantitative estimate of drug-likeness (QED) is 0.721. The molecule has 112 valence electrons. The highest BCUT2D eigenvalue weighted by atomic mass is 19.1. The van der Waals surface area contributed by atoms with Crippen molar-refractivity contribution < 1.29 is 18.6 Å². The van der Waals surface area contributed by atoms with Gasteiger partial charge in [0, 0.05) is 11.6 Å². The van der Waals surface area contributed by atoms with Crippen molar-refractivity contribution in [2.24, 2.45) is 0 Å². The van der Waals surface area contributed by atoms with Crippen molar-refractivity contribution in [3.8, 4) is 5.75 Å². The molecule has 0 saturated heterocycles. The third-order valence-electron chi connectivity index (χ3n) is 3.52. The van der Waals surface area contributed by atoms with Crippen molar-refractivity contribution in [3.63, 3.8) is 0 Å². The fraction of sp³-hybridized carbons (Fsp3) is 0.600. The molecule has 0 radical (unpaired) electrons. The van der Waals surface area contributed by atoms with Gasteiger partial charge in [0.2, 0.25) is 0 Å². The molecular weight excluding hydrogens is 264 g/mol. The molecular formula is C15H21F2NO2. The summed E-state index contributed by atoms with van der Waals surface area (Å²) in [5.74, 6) is -1.70. The lowest BCUT2D eigenvalue weighted by Crippen LogP contribution is -2.47. The van der Waals surface area contributed by atoms with Crippen LogP contribution in [0.4, 0.5) is 8.78 Å². The van der Waals surface area contributed by atoms with Gasteiger partial charge in [-0.15, -0.1) is 0 Å². The molecule has 0 aliphatic heterocycles. The van der Waals surface area contributed by atoms with Gasteiger partial charge < -0.3 is 15.2 Å². The molecule has 1 aliphatic carbocycles. The summed E-state index contributed by atoms with van der Waals surface area (Å²) in [5, 5.41) is 12.8. The molecule has 2 rings (SSSR count). The van der Waals surface area contributed by atoms with E-state index in [1.165, 1.54) is 18.2 Å². The first-order valence-electron chi connectivity index (χ1n) is 6.99. The molecule has 0 amide bonds. The Morgan fingerprint density at radius 2 is 2.00 bits per heavy atom. The normalized spacial score (nSPS) is 17.8. The monoisotopic (exact) mass is 285 g/mol. The number of benzene rings is 1. The Hall–Kier alpha value is -1.20. The van der Waals surface area contributed by atoms with E-state index in [9.17, 15) is 13.9 Å². The summed E-state index contributed by atoms with van der Waals surface area (Å²) in [5.41, 5.74) is -0.349. The van der Waals surface area contributed by atoms with Crippen LogP contribution in [0.1, 0.15) is 32.6 Å². The number of hydrogen-bond acceptors (Lipinski definition) is 3. The standard InChI is InChI=1S/C15H21F2NO2/c1-15(10-19,18-11-6-7-11)8-3-9-20-14-12(16)4-2-5-13(14)17/h2,4-5,11,18-19H,3,6-10H2,1H3. The van der Waals surface area contributed by atoms with Crippen molar-refractivity contribution in [3.05, 3.63) is 29.8 Å². The van der Waals surface area contributed by atoms with E-state index in [4.69, 9.17) is 4.74 Å². The summed E-state index contributed by atoms with van der Waals surface area (Å²) in [7, 11) is 0. The minimum Gasteiger partial charge on any atom is -0.488 e. The van der Waals surface area contributed by atoms with E-state index in [0.29, 0.717) is 18.9 Å². The number of aliphatic hydroxyl groups is 1. The predicted molar refractivity (Wildman–Crippen MR) is 72.7 cm³/mol. The topological polar surface area (TPSA) is 41.5 Å². The minimum absolute atomic E-state index is 0.0392. The molecule has 0 aromatic heterocycles. The van der Waals surface area contributed by atoms with Crippen LogP contribution in [0.25, 0.3) is 0 Å². The zero-order chi connectivity index (χ0) is 14.6. The van der Waals surface area contributed by atoms with Crippen LogP contribution in [-0.2, 0) is 0 Å². The third kappa shape index (κ3) is 4.15. The van der Waals surface area contributed by atoms with Crippen molar-refractivity contribution in [1.29, 1.82) is 0 Å². The molecule has 1 aromatic carbocycles. The highest BCUT2D eigenvalue weighted by Crippen LogP contribution is 2.25. The summed E-state index contributed by atoms with van der Waals surface area (Å²) >= 11 is 0. The lowest BCUT2D eigenvalue weighted by Gasteiger charge is -2.29. The first kappa shape index (κ1) is 15.2. The summed E-state index contributed by atoms with van der Waals surface area (Å²) < 4.78 is 31.9. The molecule has 3 nitrogen and oxygen atoms in total. The molecule has 1 aromatic rings. The lowest BCUT2D eigenvalue weighted by atomic mass is 9.97. The van der Waals surface area contributed by atoms with Gasteiger partial charge >= 0.3 is 0 Å². The van der Waals surface area contributed by atoms with Crippen molar-refractivity contribution in [1.82, 2.24) is 5.32 Å². The summed E-state index contributed by atoms with van der Waals surface area (Å²) in [6, 6.07) is 4.15. The van der Waals surface area contributed by atoms with Crippen molar-refractivity contribution in [2.45, 2.75) is 44.2 Å². The Labute approximate surface area is 117 Å². The lowest BCUT2D eigenvalue weighted by molar-refractivity contribution is 0.153. The smallest absolute Gasteiger partial charge is 0.190 e. The van der Waals surface area contributed by atoms with E-state index in [1.54, 1.807) is 0 Å². The van der Waals surface area contributed by atoms with Gasteiger partial charge in [-0.25, -0.2) is 8.78 Å². The second kappa shape index (κ2) is 6.50. The third-order valence-corrected chi connectivity index (χ3v) is 3.52. The SMILES string of the molecule is CC(CO)(CCCOc1c(F)cccc1F)NC1CC1. The fourth-order valence-corrected chi connectivity index (χ4v) is 2.17. The first-order valence-corrected chi connectivity index (χ1v) is 6.99. The van der Waals surface area contributed by atoms with Gasteiger partial charge in [0.1, 0.15) is 0 Å². The minimum atomic E-state index is -0.689. The second-order valence-corrected chi connectivity index (χ2v) is 5.64. The average Bonchev–Trinajstić information content (AvgIpc) is 3.21. The Morgan fingerprint density at radius 1 is 1.35 bits per heavy atom. The van der Waals surface area contributed by atoms with E-state index < -0.39 is 11.6 Å². The summed E-state index contributed by atoms with van der Waals surface area (Å²) in [6.45, 7) is 2.21. The average molecular weight is 285 g/mol. The van der Waals surface area contributed by atoms with Gasteiger partial charge in [0.25, 0.3) is 0 Å². The molecule has 1 fully saturated rings. The van der Waals surface area contributed by atoms with Gasteiger partial charge in [0.05, 0.1) is 13.2 Å². The molecule has 1 atom stereocenters. The number of para-hydroxylation sites is 1. The predicted octanol–water partition coefficient (Wildman–Crippen LogP) is 2.63. The van der Waals surface area contributed by atoms with Crippen LogP contribution >= 0.6 is 0 Å². The van der Waals surface area contributed by atoms with E-state index in [2.05, 4.69) is 5.32 Å². The molecule has 0 bridgehead atoms. The number of nitrogens with one attached hydrogen (secondary N) is 1. The Kier molecular flexibility index (Phi) is 4.94. The fourth-order valence-electron chi connectivity index (χ4n) is 2.17. The first-order chi connectivity index (χ1) is 9.54. The Bertz CT molecular complexity index is 431. The molecule has 20 heavy (non-hydrogen) atoms.